The van der Waals surface area contributed by atoms with Gasteiger partial charge < -0.3 is 5.11 Å². The van der Waals surface area contributed by atoms with Crippen molar-refractivity contribution < 1.29 is 5.11 Å². The van der Waals surface area contributed by atoms with E-state index in [1.54, 1.807) is 0 Å². The third kappa shape index (κ3) is 0.662. The number of aliphatic hydroxyl groups is 1. The molecule has 1 N–H and O–H groups in total. The van der Waals surface area contributed by atoms with E-state index in [2.05, 4.69) is 17.1 Å². The zero-order valence-electron chi connectivity index (χ0n) is 6.08. The summed E-state index contributed by atoms with van der Waals surface area (Å²) in [6.07, 6.45) is 6.71. The molecule has 0 radical (unpaired) electrons. The maximum absolute atomic E-state index is 9.13. The van der Waals surface area contributed by atoms with Gasteiger partial charge in [-0.15, -0.1) is 0 Å². The Kier molecular flexibility index (Phi) is 1.32. The van der Waals surface area contributed by atoms with Crippen molar-refractivity contribution in [3.8, 4) is 0 Å². The molecule has 2 rings (SSSR count). The minimum atomic E-state index is 0.0556. The van der Waals surface area contributed by atoms with Crippen LogP contribution in [0.25, 0.3) is 0 Å². The topological polar surface area (TPSA) is 23.5 Å². The van der Waals surface area contributed by atoms with Crippen LogP contribution in [0, 0.1) is 0 Å². The predicted molar refractivity (Wildman–Crippen MR) is 39.8 cm³/mol. The first-order valence-electron chi connectivity index (χ1n) is 3.91. The summed E-state index contributed by atoms with van der Waals surface area (Å²) in [5, 5.41) is 9.13. The molecule has 0 amide bonds. The zero-order valence-corrected chi connectivity index (χ0v) is 6.08. The highest BCUT2D eigenvalue weighted by atomic mass is 16.3. The SMILES string of the molecule is OCC12C=CCN1CCC2. The second-order valence-electron chi connectivity index (χ2n) is 3.21. The number of aliphatic hydroxyl groups excluding tert-OH is 1. The highest BCUT2D eigenvalue weighted by Crippen LogP contribution is 2.33. The maximum atomic E-state index is 9.13. The van der Waals surface area contributed by atoms with Crippen molar-refractivity contribution in [2.24, 2.45) is 0 Å². The van der Waals surface area contributed by atoms with Crippen molar-refractivity contribution in [2.75, 3.05) is 19.7 Å². The molecule has 2 aliphatic heterocycles. The van der Waals surface area contributed by atoms with E-state index < -0.39 is 0 Å². The van der Waals surface area contributed by atoms with Gasteiger partial charge in [0.25, 0.3) is 0 Å². The standard InChI is InChI=1S/C8H13NO/c10-7-8-3-1-5-9(8)6-2-4-8/h1,3,10H,2,4-7H2. The quantitative estimate of drug-likeness (QED) is 0.531. The lowest BCUT2D eigenvalue weighted by atomic mass is 9.99. The molecule has 0 saturated carbocycles. The molecular weight excluding hydrogens is 126 g/mol. The number of hydrogen-bond acceptors (Lipinski definition) is 2. The van der Waals surface area contributed by atoms with Crippen LogP contribution in [0.3, 0.4) is 0 Å². The molecule has 0 aromatic rings. The first-order valence-corrected chi connectivity index (χ1v) is 3.91. The van der Waals surface area contributed by atoms with Crippen LogP contribution in [-0.4, -0.2) is 35.2 Å². The molecule has 56 valence electrons. The van der Waals surface area contributed by atoms with E-state index in [-0.39, 0.29) is 5.54 Å². The molecule has 1 atom stereocenters. The second-order valence-corrected chi connectivity index (χ2v) is 3.21. The van der Waals surface area contributed by atoms with Gasteiger partial charge >= 0.3 is 0 Å². The molecule has 0 aromatic carbocycles. The number of nitrogens with zero attached hydrogens (tertiary/aromatic N) is 1. The number of hydrogen-bond donors (Lipinski definition) is 1. The third-order valence-electron chi connectivity index (χ3n) is 2.70. The van der Waals surface area contributed by atoms with Crippen LogP contribution in [0.5, 0.6) is 0 Å². The van der Waals surface area contributed by atoms with Crippen LogP contribution in [0.4, 0.5) is 0 Å². The highest BCUT2D eigenvalue weighted by molar-refractivity contribution is 5.17. The molecule has 2 nitrogen and oxygen atoms in total. The Morgan fingerprint density at radius 2 is 2.50 bits per heavy atom. The van der Waals surface area contributed by atoms with Crippen molar-refractivity contribution in [2.45, 2.75) is 18.4 Å². The molecule has 10 heavy (non-hydrogen) atoms. The molecule has 0 aromatic heterocycles. The molecule has 1 fully saturated rings. The zero-order chi connectivity index (χ0) is 7.03. The van der Waals surface area contributed by atoms with Gasteiger partial charge in [0.2, 0.25) is 0 Å². The molecule has 2 heterocycles. The Hall–Kier alpha value is -0.340. The van der Waals surface area contributed by atoms with Crippen LogP contribution < -0.4 is 0 Å². The second kappa shape index (κ2) is 2.07. The summed E-state index contributed by atoms with van der Waals surface area (Å²) in [5.74, 6) is 0. The molecular formula is C8H13NO. The van der Waals surface area contributed by atoms with Gasteiger partial charge in [-0.3, -0.25) is 4.90 Å². The molecule has 2 aliphatic rings. The first-order chi connectivity index (χ1) is 4.87. The molecule has 1 unspecified atom stereocenters. The van der Waals surface area contributed by atoms with Crippen molar-refractivity contribution >= 4 is 0 Å². The third-order valence-corrected chi connectivity index (χ3v) is 2.70. The lowest BCUT2D eigenvalue weighted by molar-refractivity contribution is 0.124. The maximum Gasteiger partial charge on any atom is 0.0651 e. The fourth-order valence-electron chi connectivity index (χ4n) is 2.05. The van der Waals surface area contributed by atoms with Gasteiger partial charge in [0, 0.05) is 6.54 Å². The van der Waals surface area contributed by atoms with Crippen LogP contribution in [-0.2, 0) is 0 Å². The normalized spacial score (nSPS) is 38.9. The average Bonchev–Trinajstić information content (AvgIpc) is 2.42. The molecule has 0 spiro atoms. The summed E-state index contributed by atoms with van der Waals surface area (Å²) in [7, 11) is 0. The van der Waals surface area contributed by atoms with Gasteiger partial charge in [0.15, 0.2) is 0 Å². The van der Waals surface area contributed by atoms with E-state index >= 15 is 0 Å². The highest BCUT2D eigenvalue weighted by Gasteiger charge is 2.40. The van der Waals surface area contributed by atoms with Crippen molar-refractivity contribution in [1.82, 2.24) is 4.90 Å². The van der Waals surface area contributed by atoms with E-state index in [4.69, 9.17) is 5.11 Å². The van der Waals surface area contributed by atoms with Crippen LogP contribution in [0.2, 0.25) is 0 Å². The minimum absolute atomic E-state index is 0.0556. The van der Waals surface area contributed by atoms with Gasteiger partial charge in [-0.25, -0.2) is 0 Å². The summed E-state index contributed by atoms with van der Waals surface area (Å²) < 4.78 is 0. The van der Waals surface area contributed by atoms with Crippen molar-refractivity contribution in [1.29, 1.82) is 0 Å². The molecule has 0 bridgehead atoms. The summed E-state index contributed by atoms with van der Waals surface area (Å²) in [4.78, 5) is 2.35. The van der Waals surface area contributed by atoms with Gasteiger partial charge in [-0.2, -0.15) is 0 Å². The Bertz CT molecular complexity index is 167. The largest absolute Gasteiger partial charge is 0.394 e. The molecule has 1 saturated heterocycles. The summed E-state index contributed by atoms with van der Waals surface area (Å²) in [6, 6.07) is 0. The van der Waals surface area contributed by atoms with E-state index in [1.807, 2.05) is 0 Å². The van der Waals surface area contributed by atoms with E-state index in [0.717, 1.165) is 19.5 Å². The van der Waals surface area contributed by atoms with Gasteiger partial charge in [-0.05, 0) is 19.4 Å². The van der Waals surface area contributed by atoms with E-state index in [9.17, 15) is 0 Å². The summed E-state index contributed by atoms with van der Waals surface area (Å²) in [5.41, 5.74) is 0.0556. The Morgan fingerprint density at radius 1 is 1.60 bits per heavy atom. The lowest BCUT2D eigenvalue weighted by Crippen LogP contribution is -2.41. The van der Waals surface area contributed by atoms with E-state index in [1.165, 1.54) is 6.42 Å². The number of rotatable bonds is 1. The Balaban J connectivity index is 2.23. The summed E-state index contributed by atoms with van der Waals surface area (Å²) in [6.45, 7) is 2.50. The van der Waals surface area contributed by atoms with Crippen LogP contribution in [0.1, 0.15) is 12.8 Å². The Morgan fingerprint density at radius 3 is 3.20 bits per heavy atom. The van der Waals surface area contributed by atoms with Crippen molar-refractivity contribution in [3.05, 3.63) is 12.2 Å². The predicted octanol–water partition coefficient (Wildman–Crippen LogP) is 0.383. The van der Waals surface area contributed by atoms with Crippen LogP contribution >= 0.6 is 0 Å². The molecule has 0 aliphatic carbocycles. The average molecular weight is 139 g/mol. The minimum Gasteiger partial charge on any atom is -0.394 e. The first kappa shape index (κ1) is 6.38. The van der Waals surface area contributed by atoms with Gasteiger partial charge in [-0.1, -0.05) is 12.2 Å². The van der Waals surface area contributed by atoms with Crippen LogP contribution in [0.15, 0.2) is 12.2 Å². The van der Waals surface area contributed by atoms with Gasteiger partial charge in [0.05, 0.1) is 12.1 Å². The van der Waals surface area contributed by atoms with E-state index in [0.29, 0.717) is 6.61 Å². The molecule has 2 heteroatoms. The van der Waals surface area contributed by atoms with Crippen molar-refractivity contribution in [3.63, 3.8) is 0 Å². The Labute approximate surface area is 61.1 Å². The number of fused-ring (bicyclic) bond motifs is 1. The monoisotopic (exact) mass is 139 g/mol. The lowest BCUT2D eigenvalue weighted by Gasteiger charge is -2.28. The van der Waals surface area contributed by atoms with Gasteiger partial charge in [0.1, 0.15) is 0 Å². The fraction of sp³-hybridized carbons (Fsp3) is 0.750. The fourth-order valence-corrected chi connectivity index (χ4v) is 2.05. The summed E-state index contributed by atoms with van der Waals surface area (Å²) >= 11 is 0. The smallest absolute Gasteiger partial charge is 0.0651 e.